The number of hydrogen-bond acceptors (Lipinski definition) is 4. The first-order valence-electron chi connectivity index (χ1n) is 7.29. The highest BCUT2D eigenvalue weighted by atomic mass is 16.3. The minimum absolute atomic E-state index is 0.376. The van der Waals surface area contributed by atoms with E-state index in [2.05, 4.69) is 25.5 Å². The highest BCUT2D eigenvalue weighted by Gasteiger charge is 2.07. The summed E-state index contributed by atoms with van der Waals surface area (Å²) in [5, 5.41) is 10.0. The maximum Gasteiger partial charge on any atom is 0.216 e. The number of aliphatic imine (C=N–C) groups is 1. The number of rotatable bonds is 5. The van der Waals surface area contributed by atoms with Gasteiger partial charge in [-0.05, 0) is 36.8 Å². The van der Waals surface area contributed by atoms with Gasteiger partial charge in [-0.15, -0.1) is 0 Å². The molecule has 0 radical (unpaired) electrons. The zero-order chi connectivity index (χ0) is 16.1. The SMILES string of the molecule is Cc1cccc(NC(N)=NCCc2nc(-c3ccco3)n[nH]2)c1. The first-order valence-corrected chi connectivity index (χ1v) is 7.29. The molecule has 0 saturated carbocycles. The minimum Gasteiger partial charge on any atom is -0.461 e. The third kappa shape index (κ3) is 3.97. The van der Waals surface area contributed by atoms with Crippen molar-refractivity contribution < 1.29 is 4.42 Å². The van der Waals surface area contributed by atoms with E-state index in [0.29, 0.717) is 30.5 Å². The Morgan fingerprint density at radius 2 is 2.26 bits per heavy atom. The molecule has 3 rings (SSSR count). The number of aromatic amines is 1. The fraction of sp³-hybridized carbons (Fsp3) is 0.188. The molecular formula is C16H18N6O. The van der Waals surface area contributed by atoms with Crippen molar-refractivity contribution in [3.63, 3.8) is 0 Å². The molecule has 0 unspecified atom stereocenters. The second-order valence-corrected chi connectivity index (χ2v) is 5.09. The van der Waals surface area contributed by atoms with Gasteiger partial charge in [0, 0.05) is 18.7 Å². The number of nitrogens with one attached hydrogen (secondary N) is 2. The summed E-state index contributed by atoms with van der Waals surface area (Å²) in [6.45, 7) is 2.54. The van der Waals surface area contributed by atoms with E-state index in [1.165, 1.54) is 0 Å². The van der Waals surface area contributed by atoms with Crippen LogP contribution in [-0.2, 0) is 6.42 Å². The number of nitrogens with zero attached hydrogens (tertiary/aromatic N) is 3. The molecule has 0 aliphatic carbocycles. The van der Waals surface area contributed by atoms with Crippen LogP contribution in [0.15, 0.2) is 52.1 Å². The molecule has 0 fully saturated rings. The van der Waals surface area contributed by atoms with Crippen LogP contribution in [0.5, 0.6) is 0 Å². The summed E-state index contributed by atoms with van der Waals surface area (Å²) in [6.07, 6.45) is 2.21. The second kappa shape index (κ2) is 6.78. The summed E-state index contributed by atoms with van der Waals surface area (Å²) in [6, 6.07) is 11.6. The quantitative estimate of drug-likeness (QED) is 0.495. The molecule has 0 saturated heterocycles. The molecule has 23 heavy (non-hydrogen) atoms. The minimum atomic E-state index is 0.376. The van der Waals surface area contributed by atoms with Crippen molar-refractivity contribution in [3.05, 3.63) is 54.0 Å². The normalized spacial score (nSPS) is 11.6. The van der Waals surface area contributed by atoms with Crippen LogP contribution in [0.4, 0.5) is 5.69 Å². The topological polar surface area (TPSA) is 105 Å². The molecule has 0 amide bonds. The average Bonchev–Trinajstić information content (AvgIpc) is 3.18. The van der Waals surface area contributed by atoms with Gasteiger partial charge < -0.3 is 15.5 Å². The van der Waals surface area contributed by atoms with Crippen LogP contribution >= 0.6 is 0 Å². The van der Waals surface area contributed by atoms with Crippen LogP contribution in [0.25, 0.3) is 11.6 Å². The summed E-state index contributed by atoms with van der Waals surface area (Å²) in [5.74, 6) is 2.29. The standard InChI is InChI=1S/C16H18N6O/c1-11-4-2-5-12(10-11)19-16(17)18-8-7-14-20-15(22-21-14)13-6-3-9-23-13/h2-6,9-10H,7-8H2,1H3,(H3,17,18,19)(H,20,21,22). The molecule has 0 bridgehead atoms. The van der Waals surface area contributed by atoms with Crippen molar-refractivity contribution in [3.8, 4) is 11.6 Å². The predicted octanol–water partition coefficient (Wildman–Crippen LogP) is 2.34. The summed E-state index contributed by atoms with van der Waals surface area (Å²) >= 11 is 0. The monoisotopic (exact) mass is 310 g/mol. The Morgan fingerprint density at radius 3 is 3.04 bits per heavy atom. The number of aromatic nitrogens is 3. The van der Waals surface area contributed by atoms with Gasteiger partial charge in [0.2, 0.25) is 5.82 Å². The van der Waals surface area contributed by atoms with Gasteiger partial charge in [-0.2, -0.15) is 5.10 Å². The predicted molar refractivity (Wildman–Crippen MR) is 89.1 cm³/mol. The Balaban J connectivity index is 1.54. The Hall–Kier alpha value is -3.09. The van der Waals surface area contributed by atoms with Gasteiger partial charge in [-0.3, -0.25) is 10.1 Å². The number of H-pyrrole nitrogens is 1. The van der Waals surface area contributed by atoms with E-state index in [1.807, 2.05) is 37.3 Å². The zero-order valence-corrected chi connectivity index (χ0v) is 12.8. The Labute approximate surface area is 133 Å². The van der Waals surface area contributed by atoms with Crippen LogP contribution in [0.2, 0.25) is 0 Å². The average molecular weight is 310 g/mol. The molecule has 2 aromatic heterocycles. The first kappa shape index (κ1) is 14.8. The molecule has 0 spiro atoms. The molecule has 0 aliphatic heterocycles. The summed E-state index contributed by atoms with van der Waals surface area (Å²) in [4.78, 5) is 8.64. The molecule has 1 aromatic carbocycles. The number of benzene rings is 1. The lowest BCUT2D eigenvalue weighted by molar-refractivity contribution is 0.577. The van der Waals surface area contributed by atoms with Gasteiger partial charge >= 0.3 is 0 Å². The first-order chi connectivity index (χ1) is 11.2. The van der Waals surface area contributed by atoms with Gasteiger partial charge in [-0.25, -0.2) is 4.98 Å². The number of nitrogens with two attached hydrogens (primary N) is 1. The summed E-state index contributed by atoms with van der Waals surface area (Å²) < 4.78 is 5.25. The molecular weight excluding hydrogens is 292 g/mol. The van der Waals surface area contributed by atoms with Crippen LogP contribution in [0.3, 0.4) is 0 Å². The Morgan fingerprint density at radius 1 is 1.35 bits per heavy atom. The molecule has 2 heterocycles. The summed E-state index contributed by atoms with van der Waals surface area (Å²) in [5.41, 5.74) is 7.96. The maximum atomic E-state index is 5.88. The molecule has 4 N–H and O–H groups in total. The van der Waals surface area contributed by atoms with Gasteiger partial charge in [0.15, 0.2) is 11.7 Å². The third-order valence-electron chi connectivity index (χ3n) is 3.19. The highest BCUT2D eigenvalue weighted by molar-refractivity contribution is 5.92. The zero-order valence-electron chi connectivity index (χ0n) is 12.8. The van der Waals surface area contributed by atoms with E-state index in [9.17, 15) is 0 Å². The van der Waals surface area contributed by atoms with Crippen LogP contribution in [0.1, 0.15) is 11.4 Å². The summed E-state index contributed by atoms with van der Waals surface area (Å²) in [7, 11) is 0. The van der Waals surface area contributed by atoms with Crippen molar-refractivity contribution in [2.75, 3.05) is 11.9 Å². The van der Waals surface area contributed by atoms with Crippen LogP contribution in [0, 0.1) is 6.92 Å². The molecule has 118 valence electrons. The number of hydrogen-bond donors (Lipinski definition) is 3. The van der Waals surface area contributed by atoms with Crippen molar-refractivity contribution in [1.82, 2.24) is 15.2 Å². The molecule has 3 aromatic rings. The number of guanidine groups is 1. The second-order valence-electron chi connectivity index (χ2n) is 5.09. The molecule has 0 aliphatic rings. The lowest BCUT2D eigenvalue weighted by Gasteiger charge is -2.05. The van der Waals surface area contributed by atoms with E-state index < -0.39 is 0 Å². The van der Waals surface area contributed by atoms with Crippen molar-refractivity contribution in [2.45, 2.75) is 13.3 Å². The van der Waals surface area contributed by atoms with Crippen LogP contribution in [-0.4, -0.2) is 27.7 Å². The van der Waals surface area contributed by atoms with Crippen LogP contribution < -0.4 is 11.1 Å². The maximum absolute atomic E-state index is 5.88. The van der Waals surface area contributed by atoms with Crippen molar-refractivity contribution >= 4 is 11.6 Å². The lowest BCUT2D eigenvalue weighted by atomic mass is 10.2. The largest absolute Gasteiger partial charge is 0.461 e. The molecule has 0 atom stereocenters. The van der Waals surface area contributed by atoms with Gasteiger partial charge in [-0.1, -0.05) is 12.1 Å². The van der Waals surface area contributed by atoms with Crippen molar-refractivity contribution in [1.29, 1.82) is 0 Å². The van der Waals surface area contributed by atoms with Gasteiger partial charge in [0.25, 0.3) is 0 Å². The fourth-order valence-electron chi connectivity index (χ4n) is 2.12. The van der Waals surface area contributed by atoms with E-state index in [-0.39, 0.29) is 0 Å². The Bertz CT molecular complexity index is 791. The van der Waals surface area contributed by atoms with E-state index in [4.69, 9.17) is 10.2 Å². The van der Waals surface area contributed by atoms with Gasteiger partial charge in [0.05, 0.1) is 6.26 Å². The van der Waals surface area contributed by atoms with E-state index >= 15 is 0 Å². The van der Waals surface area contributed by atoms with E-state index in [0.717, 1.165) is 17.1 Å². The number of aryl methyl sites for hydroxylation is 1. The Kier molecular flexibility index (Phi) is 4.37. The third-order valence-corrected chi connectivity index (χ3v) is 3.19. The molecule has 7 heteroatoms. The highest BCUT2D eigenvalue weighted by Crippen LogP contribution is 2.14. The van der Waals surface area contributed by atoms with E-state index in [1.54, 1.807) is 12.3 Å². The fourth-order valence-corrected chi connectivity index (χ4v) is 2.12. The lowest BCUT2D eigenvalue weighted by Crippen LogP contribution is -2.23. The van der Waals surface area contributed by atoms with Crippen molar-refractivity contribution in [2.24, 2.45) is 10.7 Å². The number of furan rings is 1. The smallest absolute Gasteiger partial charge is 0.216 e. The number of anilines is 1. The molecule has 7 nitrogen and oxygen atoms in total. The van der Waals surface area contributed by atoms with Gasteiger partial charge in [0.1, 0.15) is 5.82 Å².